The second kappa shape index (κ2) is 6.19. The van der Waals surface area contributed by atoms with Crippen LogP contribution in [0.15, 0.2) is 31.0 Å². The summed E-state index contributed by atoms with van der Waals surface area (Å²) in [6, 6.07) is 2.24. The zero-order chi connectivity index (χ0) is 17.4. The van der Waals surface area contributed by atoms with Crippen molar-refractivity contribution in [2.75, 3.05) is 25.0 Å². The van der Waals surface area contributed by atoms with Gasteiger partial charge in [-0.15, -0.1) is 0 Å². The van der Waals surface area contributed by atoms with Crippen molar-refractivity contribution >= 4 is 22.8 Å². The first-order chi connectivity index (χ1) is 12.1. The van der Waals surface area contributed by atoms with Crippen LogP contribution in [0.4, 0.5) is 5.82 Å². The molecule has 1 N–H and O–H groups in total. The Hall–Kier alpha value is -2.90. The molecule has 1 saturated heterocycles. The third-order valence-electron chi connectivity index (χ3n) is 4.92. The molecule has 0 aromatic carbocycles. The molecular formula is C17H21N7O. The number of nitrogens with zero attached hydrogens (tertiary/aromatic N) is 6. The fourth-order valence-corrected chi connectivity index (χ4v) is 3.48. The molecule has 1 fully saturated rings. The lowest BCUT2D eigenvalue weighted by molar-refractivity contribution is 0.0709. The molecule has 0 spiro atoms. The van der Waals surface area contributed by atoms with Crippen LogP contribution in [-0.2, 0) is 7.05 Å². The van der Waals surface area contributed by atoms with Crippen LogP contribution in [0.1, 0.15) is 23.2 Å². The number of hydrogen-bond acceptors (Lipinski definition) is 5. The van der Waals surface area contributed by atoms with Crippen LogP contribution >= 0.6 is 0 Å². The van der Waals surface area contributed by atoms with E-state index in [0.717, 1.165) is 42.8 Å². The van der Waals surface area contributed by atoms with E-state index >= 15 is 0 Å². The molecule has 0 saturated carbocycles. The van der Waals surface area contributed by atoms with Crippen molar-refractivity contribution in [2.45, 2.75) is 18.9 Å². The van der Waals surface area contributed by atoms with E-state index in [0.29, 0.717) is 5.56 Å². The number of anilines is 1. The Morgan fingerprint density at radius 3 is 2.84 bits per heavy atom. The molecule has 4 heterocycles. The van der Waals surface area contributed by atoms with E-state index in [1.54, 1.807) is 23.4 Å². The largest absolute Gasteiger partial charge is 0.356 e. The van der Waals surface area contributed by atoms with Gasteiger partial charge in [-0.25, -0.2) is 9.97 Å². The van der Waals surface area contributed by atoms with Gasteiger partial charge in [0.25, 0.3) is 5.91 Å². The topological polar surface area (TPSA) is 82.9 Å². The minimum Gasteiger partial charge on any atom is -0.356 e. The Kier molecular flexibility index (Phi) is 3.87. The summed E-state index contributed by atoms with van der Waals surface area (Å²) in [5.41, 5.74) is 1.49. The van der Waals surface area contributed by atoms with Gasteiger partial charge in [0.05, 0.1) is 17.1 Å². The predicted octanol–water partition coefficient (Wildman–Crippen LogP) is 1.43. The first-order valence-electron chi connectivity index (χ1n) is 8.42. The Bertz CT molecular complexity index is 891. The molecule has 25 heavy (non-hydrogen) atoms. The third kappa shape index (κ3) is 2.84. The van der Waals surface area contributed by atoms with Crippen molar-refractivity contribution in [1.82, 2.24) is 29.6 Å². The van der Waals surface area contributed by atoms with Crippen LogP contribution in [-0.4, -0.2) is 61.7 Å². The molecule has 4 rings (SSSR count). The van der Waals surface area contributed by atoms with Crippen LogP contribution in [0.3, 0.4) is 0 Å². The van der Waals surface area contributed by atoms with Gasteiger partial charge >= 0.3 is 0 Å². The molecule has 130 valence electrons. The van der Waals surface area contributed by atoms with E-state index in [2.05, 4.69) is 25.0 Å². The molecular weight excluding hydrogens is 318 g/mol. The Labute approximate surface area is 145 Å². The van der Waals surface area contributed by atoms with Crippen LogP contribution < -0.4 is 4.90 Å². The summed E-state index contributed by atoms with van der Waals surface area (Å²) < 4.78 is 1.65. The molecule has 0 unspecified atom stereocenters. The lowest BCUT2D eigenvalue weighted by atomic mass is 10.0. The highest BCUT2D eigenvalue weighted by Crippen LogP contribution is 2.26. The van der Waals surface area contributed by atoms with Crippen LogP contribution in [0.2, 0.25) is 0 Å². The van der Waals surface area contributed by atoms with Crippen molar-refractivity contribution in [1.29, 1.82) is 0 Å². The van der Waals surface area contributed by atoms with Crippen molar-refractivity contribution in [2.24, 2.45) is 7.05 Å². The minimum atomic E-state index is 0.0293. The van der Waals surface area contributed by atoms with Crippen LogP contribution in [0.5, 0.6) is 0 Å². The van der Waals surface area contributed by atoms with Gasteiger partial charge in [-0.2, -0.15) is 5.10 Å². The maximum absolute atomic E-state index is 12.6. The second-order valence-corrected chi connectivity index (χ2v) is 6.47. The van der Waals surface area contributed by atoms with E-state index in [9.17, 15) is 4.79 Å². The zero-order valence-electron chi connectivity index (χ0n) is 14.4. The molecule has 1 aliphatic heterocycles. The minimum absolute atomic E-state index is 0.0293. The quantitative estimate of drug-likeness (QED) is 0.780. The van der Waals surface area contributed by atoms with Gasteiger partial charge in [0.2, 0.25) is 0 Å². The van der Waals surface area contributed by atoms with Crippen LogP contribution in [0.25, 0.3) is 11.0 Å². The number of aromatic nitrogens is 5. The van der Waals surface area contributed by atoms with Gasteiger partial charge in [-0.05, 0) is 18.9 Å². The van der Waals surface area contributed by atoms with E-state index in [1.165, 1.54) is 0 Å². The lowest BCUT2D eigenvalue weighted by Crippen LogP contribution is -2.45. The average Bonchev–Trinajstić information content (AvgIpc) is 3.29. The number of hydrogen-bond donors (Lipinski definition) is 1. The molecule has 8 nitrogen and oxygen atoms in total. The molecule has 8 heteroatoms. The summed E-state index contributed by atoms with van der Waals surface area (Å²) in [6.07, 6.45) is 8.69. The van der Waals surface area contributed by atoms with E-state index < -0.39 is 0 Å². The summed E-state index contributed by atoms with van der Waals surface area (Å²) in [7, 11) is 3.70. The van der Waals surface area contributed by atoms with Gasteiger partial charge in [-0.3, -0.25) is 9.48 Å². The first-order valence-corrected chi connectivity index (χ1v) is 8.42. The van der Waals surface area contributed by atoms with Gasteiger partial charge in [-0.1, -0.05) is 0 Å². The van der Waals surface area contributed by atoms with Gasteiger partial charge in [0.1, 0.15) is 17.8 Å². The normalized spacial score (nSPS) is 15.7. The third-order valence-corrected chi connectivity index (χ3v) is 4.92. The molecule has 0 bridgehead atoms. The number of aromatic amines is 1. The van der Waals surface area contributed by atoms with E-state index in [1.807, 2.05) is 31.3 Å². The van der Waals surface area contributed by atoms with Crippen molar-refractivity contribution in [3.63, 3.8) is 0 Å². The highest BCUT2D eigenvalue weighted by atomic mass is 16.2. The molecule has 3 aromatic rings. The van der Waals surface area contributed by atoms with Crippen molar-refractivity contribution in [3.8, 4) is 0 Å². The lowest BCUT2D eigenvalue weighted by Gasteiger charge is -2.37. The second-order valence-electron chi connectivity index (χ2n) is 6.47. The summed E-state index contributed by atoms with van der Waals surface area (Å²) in [6.45, 7) is 1.74. The summed E-state index contributed by atoms with van der Waals surface area (Å²) in [5.74, 6) is 0.993. The Morgan fingerprint density at radius 1 is 1.32 bits per heavy atom. The number of amides is 1. The van der Waals surface area contributed by atoms with Gasteiger partial charge in [0.15, 0.2) is 0 Å². The maximum atomic E-state index is 12.6. The SMILES string of the molecule is CN(C(=O)c1cnn(C)c1)C1CCN(c2ncnc3[nH]ccc23)CC1. The van der Waals surface area contributed by atoms with Crippen LogP contribution in [0, 0.1) is 0 Å². The van der Waals surface area contributed by atoms with E-state index in [-0.39, 0.29) is 11.9 Å². The molecule has 1 aliphatic rings. The number of aryl methyl sites for hydroxylation is 1. The molecule has 1 amide bonds. The Balaban J connectivity index is 1.44. The number of carbonyl (C=O) groups excluding carboxylic acids is 1. The Morgan fingerprint density at radius 2 is 2.12 bits per heavy atom. The molecule has 0 aliphatic carbocycles. The van der Waals surface area contributed by atoms with Gasteiger partial charge < -0.3 is 14.8 Å². The fraction of sp³-hybridized carbons (Fsp3) is 0.412. The number of nitrogens with one attached hydrogen (secondary N) is 1. The fourth-order valence-electron chi connectivity index (χ4n) is 3.48. The first kappa shape index (κ1) is 15.6. The predicted molar refractivity (Wildman–Crippen MR) is 94.4 cm³/mol. The zero-order valence-corrected chi connectivity index (χ0v) is 14.4. The molecule has 3 aromatic heterocycles. The number of fused-ring (bicyclic) bond motifs is 1. The number of piperidine rings is 1. The van der Waals surface area contributed by atoms with E-state index in [4.69, 9.17) is 0 Å². The van der Waals surface area contributed by atoms with Crippen molar-refractivity contribution < 1.29 is 4.79 Å². The highest BCUT2D eigenvalue weighted by molar-refractivity contribution is 5.93. The summed E-state index contributed by atoms with van der Waals surface area (Å²) in [4.78, 5) is 28.5. The molecule has 0 radical (unpaired) electrons. The number of carbonyl (C=O) groups is 1. The van der Waals surface area contributed by atoms with Gasteiger partial charge in [0, 0.05) is 45.6 Å². The maximum Gasteiger partial charge on any atom is 0.257 e. The average molecular weight is 339 g/mol. The highest BCUT2D eigenvalue weighted by Gasteiger charge is 2.27. The molecule has 0 atom stereocenters. The van der Waals surface area contributed by atoms with Crippen molar-refractivity contribution in [3.05, 3.63) is 36.5 Å². The standard InChI is InChI=1S/C17H21N7O/c1-22-10-12(9-21-22)17(25)23(2)13-4-7-24(8-5-13)16-14-3-6-18-15(14)19-11-20-16/h3,6,9-11,13H,4-5,7-8H2,1-2H3,(H,18,19,20). The number of H-pyrrole nitrogens is 1. The monoisotopic (exact) mass is 339 g/mol. The number of rotatable bonds is 3. The summed E-state index contributed by atoms with van der Waals surface area (Å²) >= 11 is 0. The summed E-state index contributed by atoms with van der Waals surface area (Å²) in [5, 5.41) is 5.13. The smallest absolute Gasteiger partial charge is 0.257 e.